The molecule has 2 aromatic carbocycles. The number of nitrogens with zero attached hydrogens (tertiary/aromatic N) is 1. The first kappa shape index (κ1) is 22.4. The van der Waals surface area contributed by atoms with E-state index in [1.165, 1.54) is 6.07 Å². The molecule has 2 aliphatic heterocycles. The Kier molecular flexibility index (Phi) is 6.55. The molecule has 0 unspecified atom stereocenters. The molecule has 32 heavy (non-hydrogen) atoms. The zero-order chi connectivity index (χ0) is 22.7. The van der Waals surface area contributed by atoms with Gasteiger partial charge in [-0.15, -0.1) is 0 Å². The molecular weight excluding hydrogens is 414 g/mol. The molecule has 2 amide bonds. The van der Waals surface area contributed by atoms with Crippen molar-refractivity contribution in [2.24, 2.45) is 17.1 Å². The molecule has 1 atom stereocenters. The van der Waals surface area contributed by atoms with Crippen LogP contribution in [0, 0.1) is 23.0 Å². The van der Waals surface area contributed by atoms with Crippen LogP contribution in [0.3, 0.4) is 0 Å². The van der Waals surface area contributed by atoms with Gasteiger partial charge < -0.3 is 15.4 Å². The number of benzene rings is 2. The fourth-order valence-corrected chi connectivity index (χ4v) is 4.88. The molecule has 2 aliphatic rings. The van der Waals surface area contributed by atoms with Gasteiger partial charge in [0, 0.05) is 26.3 Å². The van der Waals surface area contributed by atoms with Crippen molar-refractivity contribution < 1.29 is 23.1 Å². The largest absolute Gasteiger partial charge is 0.381 e. The van der Waals surface area contributed by atoms with Gasteiger partial charge in [-0.05, 0) is 60.9 Å². The van der Waals surface area contributed by atoms with E-state index < -0.39 is 17.0 Å². The summed E-state index contributed by atoms with van der Waals surface area (Å²) in [4.78, 5) is 27.2. The highest BCUT2D eigenvalue weighted by molar-refractivity contribution is 5.85. The first-order valence-corrected chi connectivity index (χ1v) is 11.1. The minimum absolute atomic E-state index is 0.0463. The predicted octanol–water partition coefficient (Wildman–Crippen LogP) is 3.70. The van der Waals surface area contributed by atoms with Crippen molar-refractivity contribution >= 4 is 11.8 Å². The summed E-state index contributed by atoms with van der Waals surface area (Å²) in [5.41, 5.74) is 7.19. The van der Waals surface area contributed by atoms with Crippen molar-refractivity contribution in [3.63, 3.8) is 0 Å². The third-order valence-corrected chi connectivity index (χ3v) is 6.74. The number of rotatable bonds is 5. The Labute approximate surface area is 186 Å². The standard InChI is InChI=1S/C25H28F2N2O3/c26-21-7-6-19(14-22(21)27)18-4-1-3-17(13-18)15-25(8-11-32-12-9-25)24(31)29-10-2-5-20(16-29)23(28)30/h1,3-4,6-7,13-14,20H,2,5,8-12,15-16H2,(H2,28,30)/t20-/m0/s1. The summed E-state index contributed by atoms with van der Waals surface area (Å²) >= 11 is 0. The number of primary amides is 1. The van der Waals surface area contributed by atoms with Crippen molar-refractivity contribution in [2.75, 3.05) is 26.3 Å². The molecule has 0 aromatic heterocycles. The van der Waals surface area contributed by atoms with Crippen LogP contribution in [0.25, 0.3) is 11.1 Å². The maximum Gasteiger partial charge on any atom is 0.229 e. The number of carbonyl (C=O) groups is 2. The maximum absolute atomic E-state index is 13.7. The Morgan fingerprint density at radius 1 is 1.06 bits per heavy atom. The molecule has 170 valence electrons. The van der Waals surface area contributed by atoms with E-state index in [4.69, 9.17) is 10.5 Å². The Morgan fingerprint density at radius 2 is 1.81 bits per heavy atom. The second-order valence-corrected chi connectivity index (χ2v) is 8.89. The van der Waals surface area contributed by atoms with Gasteiger partial charge in [-0.2, -0.15) is 0 Å². The summed E-state index contributed by atoms with van der Waals surface area (Å²) in [6, 6.07) is 11.4. The zero-order valence-electron chi connectivity index (χ0n) is 18.0. The molecular formula is C25H28F2N2O3. The van der Waals surface area contributed by atoms with Gasteiger partial charge >= 0.3 is 0 Å². The van der Waals surface area contributed by atoms with Crippen LogP contribution in [0.5, 0.6) is 0 Å². The number of amides is 2. The first-order valence-electron chi connectivity index (χ1n) is 11.1. The van der Waals surface area contributed by atoms with E-state index in [0.29, 0.717) is 57.6 Å². The average Bonchev–Trinajstić information content (AvgIpc) is 2.81. The molecule has 0 radical (unpaired) electrons. The first-order chi connectivity index (χ1) is 15.4. The van der Waals surface area contributed by atoms with E-state index in [0.717, 1.165) is 23.6 Å². The van der Waals surface area contributed by atoms with Crippen LogP contribution >= 0.6 is 0 Å². The lowest BCUT2D eigenvalue weighted by molar-refractivity contribution is -0.150. The SMILES string of the molecule is NC(=O)[C@H]1CCCN(C(=O)C2(Cc3cccc(-c4ccc(F)c(F)c4)c3)CCOCC2)C1. The summed E-state index contributed by atoms with van der Waals surface area (Å²) in [5.74, 6) is -2.39. The van der Waals surface area contributed by atoms with E-state index in [-0.39, 0.29) is 17.7 Å². The molecule has 2 saturated heterocycles. The average molecular weight is 443 g/mol. The Balaban J connectivity index is 1.59. The number of ether oxygens (including phenoxy) is 1. The Bertz CT molecular complexity index is 1000. The van der Waals surface area contributed by atoms with E-state index in [1.54, 1.807) is 11.0 Å². The Hall–Kier alpha value is -2.80. The van der Waals surface area contributed by atoms with Gasteiger partial charge in [0.15, 0.2) is 11.6 Å². The topological polar surface area (TPSA) is 72.6 Å². The van der Waals surface area contributed by atoms with Crippen molar-refractivity contribution in [2.45, 2.75) is 32.1 Å². The summed E-state index contributed by atoms with van der Waals surface area (Å²) in [6.45, 7) is 2.00. The maximum atomic E-state index is 13.7. The van der Waals surface area contributed by atoms with Gasteiger partial charge in [0.25, 0.3) is 0 Å². The van der Waals surface area contributed by atoms with Gasteiger partial charge in [-0.3, -0.25) is 9.59 Å². The van der Waals surface area contributed by atoms with Crippen LogP contribution in [-0.4, -0.2) is 43.0 Å². The van der Waals surface area contributed by atoms with Crippen LogP contribution in [0.2, 0.25) is 0 Å². The summed E-state index contributed by atoms with van der Waals surface area (Å²) in [5, 5.41) is 0. The monoisotopic (exact) mass is 442 g/mol. The van der Waals surface area contributed by atoms with Crippen LogP contribution in [0.1, 0.15) is 31.2 Å². The molecule has 0 spiro atoms. The molecule has 2 aromatic rings. The normalized spacial score (nSPS) is 20.7. The van der Waals surface area contributed by atoms with Gasteiger partial charge in [-0.25, -0.2) is 8.78 Å². The number of hydrogen-bond acceptors (Lipinski definition) is 3. The van der Waals surface area contributed by atoms with E-state index in [2.05, 4.69) is 0 Å². The number of nitrogens with two attached hydrogens (primary N) is 1. The van der Waals surface area contributed by atoms with Gasteiger partial charge in [0.2, 0.25) is 11.8 Å². The van der Waals surface area contributed by atoms with Crippen molar-refractivity contribution in [3.8, 4) is 11.1 Å². The molecule has 7 heteroatoms. The summed E-state index contributed by atoms with van der Waals surface area (Å²) in [6.07, 6.45) is 3.19. The molecule has 0 saturated carbocycles. The highest BCUT2D eigenvalue weighted by Crippen LogP contribution is 2.38. The van der Waals surface area contributed by atoms with E-state index in [1.807, 2.05) is 24.3 Å². The number of halogens is 2. The zero-order valence-corrected chi connectivity index (χ0v) is 18.0. The smallest absolute Gasteiger partial charge is 0.229 e. The lowest BCUT2D eigenvalue weighted by Crippen LogP contribution is -2.52. The Morgan fingerprint density at radius 3 is 2.53 bits per heavy atom. The summed E-state index contributed by atoms with van der Waals surface area (Å²) in [7, 11) is 0. The van der Waals surface area contributed by atoms with Crippen LogP contribution in [0.15, 0.2) is 42.5 Å². The van der Waals surface area contributed by atoms with E-state index >= 15 is 0 Å². The second kappa shape index (κ2) is 9.36. The highest BCUT2D eigenvalue weighted by atomic mass is 19.2. The van der Waals surface area contributed by atoms with Crippen LogP contribution in [0.4, 0.5) is 8.78 Å². The third kappa shape index (κ3) is 4.67. The van der Waals surface area contributed by atoms with Gasteiger partial charge in [0.05, 0.1) is 11.3 Å². The molecule has 2 fully saturated rings. The number of hydrogen-bond donors (Lipinski definition) is 1. The van der Waals surface area contributed by atoms with Crippen LogP contribution < -0.4 is 5.73 Å². The molecule has 5 nitrogen and oxygen atoms in total. The molecule has 0 bridgehead atoms. The van der Waals surface area contributed by atoms with Crippen molar-refractivity contribution in [3.05, 3.63) is 59.7 Å². The predicted molar refractivity (Wildman–Crippen MR) is 116 cm³/mol. The third-order valence-electron chi connectivity index (χ3n) is 6.74. The number of piperidine rings is 1. The second-order valence-electron chi connectivity index (χ2n) is 8.89. The fraction of sp³-hybridized carbons (Fsp3) is 0.440. The van der Waals surface area contributed by atoms with E-state index in [9.17, 15) is 18.4 Å². The van der Waals surface area contributed by atoms with Gasteiger partial charge in [0.1, 0.15) is 0 Å². The lowest BCUT2D eigenvalue weighted by Gasteiger charge is -2.42. The minimum Gasteiger partial charge on any atom is -0.381 e. The fourth-order valence-electron chi connectivity index (χ4n) is 4.88. The summed E-state index contributed by atoms with van der Waals surface area (Å²) < 4.78 is 32.6. The van der Waals surface area contributed by atoms with Crippen molar-refractivity contribution in [1.82, 2.24) is 4.90 Å². The molecule has 2 heterocycles. The molecule has 2 N–H and O–H groups in total. The minimum atomic E-state index is -0.891. The molecule has 0 aliphatic carbocycles. The van der Waals surface area contributed by atoms with Crippen molar-refractivity contribution in [1.29, 1.82) is 0 Å². The number of likely N-dealkylation sites (tertiary alicyclic amines) is 1. The van der Waals surface area contributed by atoms with Gasteiger partial charge in [-0.1, -0.05) is 30.3 Å². The number of carbonyl (C=O) groups excluding carboxylic acids is 2. The quantitative estimate of drug-likeness (QED) is 0.768. The highest BCUT2D eigenvalue weighted by Gasteiger charge is 2.44. The van der Waals surface area contributed by atoms with Crippen LogP contribution in [-0.2, 0) is 20.7 Å². The molecule has 4 rings (SSSR count). The lowest BCUT2D eigenvalue weighted by atomic mass is 9.73.